The topological polar surface area (TPSA) is 60.9 Å². The molecular weight excluding hydrogens is 298 g/mol. The number of nitrogens with zero attached hydrogens (tertiary/aromatic N) is 3. The third-order valence-electron chi connectivity index (χ3n) is 3.96. The van der Waals surface area contributed by atoms with Crippen molar-refractivity contribution in [2.45, 2.75) is 44.8 Å². The Morgan fingerprint density at radius 1 is 1.30 bits per heavy atom. The lowest BCUT2D eigenvalue weighted by Crippen LogP contribution is -2.52. The highest BCUT2D eigenvalue weighted by Gasteiger charge is 2.44. The standard InChI is InChI=1S/C12H23N3O3S2/c1-9(2)14(4)20(17,18)15-8-19-7-11(15)12(16)13(3)10-5-6-10/h9-11H,5-8H2,1-4H3/t11-/m1/s1. The summed E-state index contributed by atoms with van der Waals surface area (Å²) in [5.41, 5.74) is 0. The van der Waals surface area contributed by atoms with Gasteiger partial charge in [-0.25, -0.2) is 0 Å². The molecule has 1 amide bonds. The minimum absolute atomic E-state index is 0.0711. The van der Waals surface area contributed by atoms with Gasteiger partial charge in [0.15, 0.2) is 0 Å². The number of hydrogen-bond acceptors (Lipinski definition) is 4. The van der Waals surface area contributed by atoms with Crippen LogP contribution in [0.4, 0.5) is 0 Å². The van der Waals surface area contributed by atoms with Gasteiger partial charge in [-0.3, -0.25) is 4.79 Å². The highest BCUT2D eigenvalue weighted by Crippen LogP contribution is 2.31. The van der Waals surface area contributed by atoms with Gasteiger partial charge >= 0.3 is 0 Å². The van der Waals surface area contributed by atoms with Crippen LogP contribution in [0.25, 0.3) is 0 Å². The van der Waals surface area contributed by atoms with Gasteiger partial charge < -0.3 is 4.90 Å². The lowest BCUT2D eigenvalue weighted by atomic mass is 10.3. The Labute approximate surface area is 125 Å². The number of hydrogen-bond donors (Lipinski definition) is 0. The molecule has 0 spiro atoms. The molecule has 0 unspecified atom stereocenters. The van der Waals surface area contributed by atoms with Crippen LogP contribution >= 0.6 is 11.8 Å². The van der Waals surface area contributed by atoms with Crippen LogP contribution in [-0.4, -0.2) is 71.7 Å². The fraction of sp³-hybridized carbons (Fsp3) is 0.917. The van der Waals surface area contributed by atoms with E-state index in [-0.39, 0.29) is 11.9 Å². The SMILES string of the molecule is CC(C)N(C)S(=O)(=O)N1CSC[C@@H]1C(=O)N(C)C1CC1. The molecule has 0 aromatic carbocycles. The van der Waals surface area contributed by atoms with Gasteiger partial charge in [-0.15, -0.1) is 11.8 Å². The summed E-state index contributed by atoms with van der Waals surface area (Å²) in [7, 11) is -0.230. The van der Waals surface area contributed by atoms with Crippen LogP contribution in [0.2, 0.25) is 0 Å². The van der Waals surface area contributed by atoms with Crippen molar-refractivity contribution in [2.24, 2.45) is 0 Å². The summed E-state index contributed by atoms with van der Waals surface area (Å²) in [5, 5.41) is 0. The Morgan fingerprint density at radius 2 is 1.90 bits per heavy atom. The van der Waals surface area contributed by atoms with Crippen LogP contribution in [-0.2, 0) is 15.0 Å². The molecule has 0 N–H and O–H groups in total. The van der Waals surface area contributed by atoms with E-state index in [0.29, 0.717) is 17.7 Å². The number of amides is 1. The third-order valence-corrected chi connectivity index (χ3v) is 7.26. The van der Waals surface area contributed by atoms with E-state index >= 15 is 0 Å². The molecule has 20 heavy (non-hydrogen) atoms. The van der Waals surface area contributed by atoms with Crippen molar-refractivity contribution >= 4 is 27.9 Å². The molecule has 1 atom stereocenters. The summed E-state index contributed by atoms with van der Waals surface area (Å²) >= 11 is 1.50. The molecule has 2 rings (SSSR count). The largest absolute Gasteiger partial charge is 0.341 e. The van der Waals surface area contributed by atoms with Crippen LogP contribution in [0.5, 0.6) is 0 Å². The summed E-state index contributed by atoms with van der Waals surface area (Å²) in [4.78, 5) is 14.2. The predicted octanol–water partition coefficient (Wildman–Crippen LogP) is 0.567. The second kappa shape index (κ2) is 5.82. The van der Waals surface area contributed by atoms with Crippen molar-refractivity contribution < 1.29 is 13.2 Å². The quantitative estimate of drug-likeness (QED) is 0.743. The van der Waals surface area contributed by atoms with E-state index in [0.717, 1.165) is 12.8 Å². The maximum atomic E-state index is 12.6. The molecule has 0 radical (unpaired) electrons. The normalized spacial score (nSPS) is 24.6. The van der Waals surface area contributed by atoms with Crippen LogP contribution in [0.15, 0.2) is 0 Å². The lowest BCUT2D eigenvalue weighted by molar-refractivity contribution is -0.133. The van der Waals surface area contributed by atoms with Gasteiger partial charge in [0.2, 0.25) is 5.91 Å². The molecule has 1 aliphatic carbocycles. The number of carbonyl (C=O) groups is 1. The van der Waals surface area contributed by atoms with Crippen molar-refractivity contribution in [1.29, 1.82) is 0 Å². The van der Waals surface area contributed by atoms with E-state index in [1.165, 1.54) is 20.4 Å². The summed E-state index contributed by atoms with van der Waals surface area (Å²) in [6.45, 7) is 3.65. The molecule has 0 aromatic heterocycles. The van der Waals surface area contributed by atoms with Gasteiger partial charge in [0.1, 0.15) is 6.04 Å². The fourth-order valence-electron chi connectivity index (χ4n) is 2.16. The molecule has 116 valence electrons. The van der Waals surface area contributed by atoms with Crippen LogP contribution in [0.1, 0.15) is 26.7 Å². The Kier molecular flexibility index (Phi) is 4.68. The Bertz CT molecular complexity index is 476. The molecule has 0 bridgehead atoms. The van der Waals surface area contributed by atoms with Crippen molar-refractivity contribution in [2.75, 3.05) is 25.7 Å². The van der Waals surface area contributed by atoms with Crippen molar-refractivity contribution in [3.8, 4) is 0 Å². The summed E-state index contributed by atoms with van der Waals surface area (Å²) in [6, 6.07) is -0.375. The van der Waals surface area contributed by atoms with Crippen LogP contribution in [0.3, 0.4) is 0 Å². The van der Waals surface area contributed by atoms with E-state index in [2.05, 4.69) is 0 Å². The number of carbonyl (C=O) groups excluding carboxylic acids is 1. The van der Waals surface area contributed by atoms with E-state index in [1.807, 2.05) is 13.8 Å². The van der Waals surface area contributed by atoms with Crippen molar-refractivity contribution in [1.82, 2.24) is 13.5 Å². The molecule has 6 nitrogen and oxygen atoms in total. The molecule has 0 aromatic rings. The second-order valence-corrected chi connectivity index (χ2v) is 8.64. The average Bonchev–Trinajstić information content (AvgIpc) is 3.12. The molecule has 1 saturated heterocycles. The molecule has 2 aliphatic rings. The first kappa shape index (κ1) is 16.1. The first-order valence-corrected chi connectivity index (χ1v) is 9.41. The van der Waals surface area contributed by atoms with Crippen molar-refractivity contribution in [3.05, 3.63) is 0 Å². The van der Waals surface area contributed by atoms with Crippen LogP contribution in [0, 0.1) is 0 Å². The number of thioether (sulfide) groups is 1. The molecule has 1 heterocycles. The highest BCUT2D eigenvalue weighted by molar-refractivity contribution is 8.00. The van der Waals surface area contributed by atoms with Crippen LogP contribution < -0.4 is 0 Å². The molecule has 8 heteroatoms. The predicted molar refractivity (Wildman–Crippen MR) is 80.6 cm³/mol. The minimum atomic E-state index is -3.57. The van der Waals surface area contributed by atoms with Gasteiger partial charge in [-0.2, -0.15) is 17.0 Å². The van der Waals surface area contributed by atoms with E-state index < -0.39 is 16.3 Å². The number of rotatable bonds is 5. The summed E-state index contributed by atoms with van der Waals surface area (Å²) in [6.07, 6.45) is 2.06. The van der Waals surface area contributed by atoms with Gasteiger partial charge in [0.05, 0.1) is 5.88 Å². The second-order valence-electron chi connectivity index (χ2n) is 5.70. The smallest absolute Gasteiger partial charge is 0.283 e. The van der Waals surface area contributed by atoms with Gasteiger partial charge in [0.25, 0.3) is 10.2 Å². The molecule has 2 fully saturated rings. The van der Waals surface area contributed by atoms with Gasteiger partial charge in [0, 0.05) is 31.9 Å². The van der Waals surface area contributed by atoms with Gasteiger partial charge in [-0.1, -0.05) is 0 Å². The van der Waals surface area contributed by atoms with E-state index in [1.54, 1.807) is 19.0 Å². The third kappa shape index (κ3) is 2.98. The first-order chi connectivity index (χ1) is 9.26. The van der Waals surface area contributed by atoms with E-state index in [9.17, 15) is 13.2 Å². The lowest BCUT2D eigenvalue weighted by Gasteiger charge is -2.31. The number of likely N-dealkylation sites (N-methyl/N-ethyl adjacent to an activating group) is 1. The Balaban J connectivity index is 2.16. The zero-order chi connectivity index (χ0) is 15.1. The van der Waals surface area contributed by atoms with Crippen molar-refractivity contribution in [3.63, 3.8) is 0 Å². The maximum Gasteiger partial charge on any atom is 0.283 e. The summed E-state index contributed by atoms with van der Waals surface area (Å²) in [5.74, 6) is 0.827. The fourth-order valence-corrected chi connectivity index (χ4v) is 5.37. The highest BCUT2D eigenvalue weighted by atomic mass is 32.2. The monoisotopic (exact) mass is 321 g/mol. The maximum absolute atomic E-state index is 12.6. The first-order valence-electron chi connectivity index (χ1n) is 6.86. The molecular formula is C12H23N3O3S2. The minimum Gasteiger partial charge on any atom is -0.341 e. The van der Waals surface area contributed by atoms with Gasteiger partial charge in [-0.05, 0) is 26.7 Å². The summed E-state index contributed by atoms with van der Waals surface area (Å²) < 4.78 is 27.8. The Morgan fingerprint density at radius 3 is 2.40 bits per heavy atom. The zero-order valence-electron chi connectivity index (χ0n) is 12.4. The average molecular weight is 321 g/mol. The Hall–Kier alpha value is -0.310. The zero-order valence-corrected chi connectivity index (χ0v) is 14.1. The molecule has 1 saturated carbocycles. The molecule has 1 aliphatic heterocycles. The van der Waals surface area contributed by atoms with E-state index in [4.69, 9.17) is 0 Å².